The minimum atomic E-state index is 0. The van der Waals surface area contributed by atoms with Gasteiger partial charge in [-0.3, -0.25) is 4.99 Å². The maximum Gasteiger partial charge on any atom is 0.191 e. The number of hydrogen-bond acceptors (Lipinski definition) is 1. The first-order valence-electron chi connectivity index (χ1n) is 6.85. The van der Waals surface area contributed by atoms with Crippen molar-refractivity contribution in [2.45, 2.75) is 57.4 Å². The largest absolute Gasteiger partial charge is 0.356 e. The fraction of sp³-hybridized carbons (Fsp3) is 0.923. The minimum Gasteiger partial charge on any atom is -0.356 e. The van der Waals surface area contributed by atoms with Crippen LogP contribution in [0.15, 0.2) is 4.99 Å². The highest BCUT2D eigenvalue weighted by molar-refractivity contribution is 14.0. The van der Waals surface area contributed by atoms with Crippen LogP contribution in [-0.2, 0) is 0 Å². The van der Waals surface area contributed by atoms with Crippen molar-refractivity contribution in [2.24, 2.45) is 10.9 Å². The molecule has 0 bridgehead atoms. The lowest BCUT2D eigenvalue weighted by atomic mass is 10.2. The fourth-order valence-electron chi connectivity index (χ4n) is 2.46. The molecule has 0 amide bonds. The zero-order valence-corrected chi connectivity index (χ0v) is 13.2. The number of hydrogen-bond donors (Lipinski definition) is 2. The van der Waals surface area contributed by atoms with Crippen molar-refractivity contribution in [2.75, 3.05) is 13.6 Å². The lowest BCUT2D eigenvalue weighted by Crippen LogP contribution is -2.42. The van der Waals surface area contributed by atoms with Gasteiger partial charge in [-0.15, -0.1) is 24.0 Å². The second-order valence-electron chi connectivity index (χ2n) is 5.21. The second-order valence-corrected chi connectivity index (χ2v) is 5.21. The summed E-state index contributed by atoms with van der Waals surface area (Å²) in [6, 6.07) is 0.662. The fourth-order valence-corrected chi connectivity index (χ4v) is 2.46. The van der Waals surface area contributed by atoms with Crippen LogP contribution in [0.2, 0.25) is 0 Å². The number of rotatable bonds is 5. The van der Waals surface area contributed by atoms with Crippen LogP contribution in [0.5, 0.6) is 0 Å². The van der Waals surface area contributed by atoms with Crippen LogP contribution in [0.3, 0.4) is 0 Å². The van der Waals surface area contributed by atoms with Crippen LogP contribution in [0.25, 0.3) is 0 Å². The Labute approximate surface area is 122 Å². The van der Waals surface area contributed by atoms with Crippen LogP contribution in [0, 0.1) is 5.92 Å². The summed E-state index contributed by atoms with van der Waals surface area (Å²) in [5.41, 5.74) is 0. The maximum absolute atomic E-state index is 4.28. The molecule has 17 heavy (non-hydrogen) atoms. The Morgan fingerprint density at radius 1 is 1.18 bits per heavy atom. The Morgan fingerprint density at radius 2 is 1.88 bits per heavy atom. The highest BCUT2D eigenvalue weighted by atomic mass is 127. The Kier molecular flexibility index (Phi) is 7.23. The van der Waals surface area contributed by atoms with Gasteiger partial charge in [0.15, 0.2) is 5.96 Å². The van der Waals surface area contributed by atoms with Gasteiger partial charge >= 0.3 is 0 Å². The number of nitrogens with one attached hydrogen (secondary N) is 2. The molecule has 2 aliphatic carbocycles. The number of aliphatic imine (C=N–C) groups is 1. The first kappa shape index (κ1) is 15.1. The molecule has 0 aromatic rings. The quantitative estimate of drug-likeness (QED) is 0.346. The van der Waals surface area contributed by atoms with Crippen LogP contribution >= 0.6 is 24.0 Å². The molecule has 0 aromatic heterocycles. The van der Waals surface area contributed by atoms with E-state index in [0.717, 1.165) is 18.4 Å². The summed E-state index contributed by atoms with van der Waals surface area (Å²) in [5.74, 6) is 2.05. The third kappa shape index (κ3) is 5.93. The average Bonchev–Trinajstić information content (AvgIpc) is 2.99. The van der Waals surface area contributed by atoms with E-state index in [1.54, 1.807) is 0 Å². The van der Waals surface area contributed by atoms with Crippen LogP contribution in [0.1, 0.15) is 51.4 Å². The molecule has 0 atom stereocenters. The van der Waals surface area contributed by atoms with E-state index < -0.39 is 0 Å². The molecule has 2 saturated carbocycles. The zero-order chi connectivity index (χ0) is 11.2. The first-order chi connectivity index (χ1) is 7.88. The molecule has 2 aliphatic rings. The van der Waals surface area contributed by atoms with Crippen LogP contribution in [0.4, 0.5) is 0 Å². The summed E-state index contributed by atoms with van der Waals surface area (Å²) in [5, 5.41) is 6.93. The molecule has 0 spiro atoms. The van der Waals surface area contributed by atoms with Gasteiger partial charge in [-0.25, -0.2) is 0 Å². The summed E-state index contributed by atoms with van der Waals surface area (Å²) in [6.07, 6.45) is 11.0. The molecule has 3 nitrogen and oxygen atoms in total. The van der Waals surface area contributed by atoms with E-state index in [2.05, 4.69) is 15.6 Å². The molecule has 2 N–H and O–H groups in total. The van der Waals surface area contributed by atoms with Gasteiger partial charge in [-0.2, -0.15) is 0 Å². The SMILES string of the molecule is CN=C(NCCCC1CC1)NC1CCCC1.I. The first-order valence-corrected chi connectivity index (χ1v) is 6.85. The topological polar surface area (TPSA) is 36.4 Å². The zero-order valence-electron chi connectivity index (χ0n) is 10.9. The highest BCUT2D eigenvalue weighted by Gasteiger charge is 2.20. The smallest absolute Gasteiger partial charge is 0.191 e. The number of nitrogens with zero attached hydrogens (tertiary/aromatic N) is 1. The molecule has 0 aromatic carbocycles. The van der Waals surface area contributed by atoms with E-state index in [4.69, 9.17) is 0 Å². The Bertz CT molecular complexity index is 233. The summed E-state index contributed by atoms with van der Waals surface area (Å²) in [6.45, 7) is 1.07. The Balaban J connectivity index is 0.00000144. The average molecular weight is 351 g/mol. The lowest BCUT2D eigenvalue weighted by molar-refractivity contribution is 0.600. The molecule has 0 unspecified atom stereocenters. The van der Waals surface area contributed by atoms with Crippen molar-refractivity contribution in [3.8, 4) is 0 Å². The van der Waals surface area contributed by atoms with Gasteiger partial charge in [0, 0.05) is 19.6 Å². The van der Waals surface area contributed by atoms with Gasteiger partial charge in [0.2, 0.25) is 0 Å². The van der Waals surface area contributed by atoms with E-state index in [0.29, 0.717) is 6.04 Å². The maximum atomic E-state index is 4.28. The molecular weight excluding hydrogens is 325 g/mol. The predicted molar refractivity (Wildman–Crippen MR) is 84.1 cm³/mol. The monoisotopic (exact) mass is 351 g/mol. The molecule has 100 valence electrons. The van der Waals surface area contributed by atoms with E-state index in [1.807, 2.05) is 7.05 Å². The lowest BCUT2D eigenvalue weighted by Gasteiger charge is -2.16. The van der Waals surface area contributed by atoms with Gasteiger partial charge in [-0.1, -0.05) is 25.7 Å². The molecule has 4 heteroatoms. The van der Waals surface area contributed by atoms with Crippen molar-refractivity contribution in [3.05, 3.63) is 0 Å². The highest BCUT2D eigenvalue weighted by Crippen LogP contribution is 2.33. The van der Waals surface area contributed by atoms with Gasteiger partial charge in [0.05, 0.1) is 0 Å². The summed E-state index contributed by atoms with van der Waals surface area (Å²) in [7, 11) is 1.87. The molecule has 2 rings (SSSR count). The van der Waals surface area contributed by atoms with Gasteiger partial charge < -0.3 is 10.6 Å². The minimum absolute atomic E-state index is 0. The normalized spacial score (nSPS) is 21.1. The summed E-state index contributed by atoms with van der Waals surface area (Å²) < 4.78 is 0. The Morgan fingerprint density at radius 3 is 2.47 bits per heavy atom. The van der Waals surface area contributed by atoms with E-state index in [9.17, 15) is 0 Å². The third-order valence-corrected chi connectivity index (χ3v) is 3.70. The molecule has 0 saturated heterocycles. The van der Waals surface area contributed by atoms with Gasteiger partial charge in [0.25, 0.3) is 0 Å². The summed E-state index contributed by atoms with van der Waals surface area (Å²) >= 11 is 0. The molecule has 0 heterocycles. The molecule has 2 fully saturated rings. The molecular formula is C13H26IN3. The Hall–Kier alpha value is 0. The van der Waals surface area contributed by atoms with Crippen molar-refractivity contribution in [3.63, 3.8) is 0 Å². The standard InChI is InChI=1S/C13H25N3.HI/c1-14-13(16-12-6-2-3-7-12)15-10-4-5-11-8-9-11;/h11-12H,2-10H2,1H3,(H2,14,15,16);1H. The third-order valence-electron chi connectivity index (χ3n) is 3.70. The van der Waals surface area contributed by atoms with Gasteiger partial charge in [-0.05, 0) is 31.6 Å². The van der Waals surface area contributed by atoms with Crippen molar-refractivity contribution in [1.82, 2.24) is 10.6 Å². The summed E-state index contributed by atoms with van der Waals surface area (Å²) in [4.78, 5) is 4.28. The van der Waals surface area contributed by atoms with E-state index >= 15 is 0 Å². The van der Waals surface area contributed by atoms with Crippen molar-refractivity contribution < 1.29 is 0 Å². The number of guanidine groups is 1. The molecule has 0 aliphatic heterocycles. The molecule has 0 radical (unpaired) electrons. The van der Waals surface area contributed by atoms with E-state index in [-0.39, 0.29) is 24.0 Å². The second kappa shape index (κ2) is 8.16. The van der Waals surface area contributed by atoms with Crippen LogP contribution in [-0.4, -0.2) is 25.6 Å². The van der Waals surface area contributed by atoms with Crippen LogP contribution < -0.4 is 10.6 Å². The number of halogens is 1. The van der Waals surface area contributed by atoms with Crippen molar-refractivity contribution in [1.29, 1.82) is 0 Å². The van der Waals surface area contributed by atoms with Crippen molar-refractivity contribution >= 4 is 29.9 Å². The van der Waals surface area contributed by atoms with Gasteiger partial charge in [0.1, 0.15) is 0 Å². The van der Waals surface area contributed by atoms with E-state index in [1.165, 1.54) is 51.4 Å². The predicted octanol–water partition coefficient (Wildman–Crippen LogP) is 2.90.